The molecule has 24 heavy (non-hydrogen) atoms. The molecule has 1 N–H and O–H groups in total. The summed E-state index contributed by atoms with van der Waals surface area (Å²) in [7, 11) is 0. The second-order valence-electron chi connectivity index (χ2n) is 7.29. The number of carbonyl (C=O) groups is 2. The zero-order valence-electron chi connectivity index (χ0n) is 14.2. The van der Waals surface area contributed by atoms with Crippen molar-refractivity contribution in [3.63, 3.8) is 0 Å². The van der Waals surface area contributed by atoms with Crippen molar-refractivity contribution in [3.05, 3.63) is 56.3 Å². The van der Waals surface area contributed by atoms with E-state index in [4.69, 9.17) is 0 Å². The number of fused-ring (bicyclic) bond motifs is 2. The number of hydrogen-bond donors (Lipinski definition) is 1. The molecule has 0 fully saturated rings. The standard InChI is InChI=1S/C20H20O4/c1-10(2)12-8-13-14(19(24)18(12)23)7-11-5-6-17(22)20(3,4)15(11)9-16(13)21/h5-10,17,22H,1-4H3/t17-/m1/s1. The molecule has 1 aromatic carbocycles. The number of rotatable bonds is 1. The molecule has 1 aromatic rings. The van der Waals surface area contributed by atoms with Gasteiger partial charge in [0.25, 0.3) is 0 Å². The lowest BCUT2D eigenvalue weighted by atomic mass is 9.74. The van der Waals surface area contributed by atoms with Crippen LogP contribution < -0.4 is 5.43 Å². The van der Waals surface area contributed by atoms with Crippen molar-refractivity contribution in [2.45, 2.75) is 39.2 Å². The monoisotopic (exact) mass is 324 g/mol. The van der Waals surface area contributed by atoms with Gasteiger partial charge in [-0.25, -0.2) is 0 Å². The Bertz CT molecular complexity index is 885. The van der Waals surface area contributed by atoms with Crippen LogP contribution in [-0.4, -0.2) is 22.8 Å². The molecule has 2 aliphatic carbocycles. The molecule has 0 saturated heterocycles. The molecule has 0 saturated carbocycles. The SMILES string of the molecule is CC(C)C1=Cc2c(cc3c(cc2=O)C(C)(C)[C@H](O)C=C3)C(=O)C1=O. The maximum absolute atomic E-state index is 12.7. The van der Waals surface area contributed by atoms with Crippen molar-refractivity contribution >= 4 is 23.7 Å². The van der Waals surface area contributed by atoms with Gasteiger partial charge in [-0.3, -0.25) is 14.4 Å². The maximum Gasteiger partial charge on any atom is 0.233 e. The van der Waals surface area contributed by atoms with Crippen LogP contribution in [0.1, 0.15) is 54.7 Å². The Labute approximate surface area is 140 Å². The van der Waals surface area contributed by atoms with Gasteiger partial charge in [0, 0.05) is 22.1 Å². The largest absolute Gasteiger partial charge is 0.388 e. The van der Waals surface area contributed by atoms with Crippen LogP contribution in [0, 0.1) is 5.92 Å². The molecule has 0 unspecified atom stereocenters. The van der Waals surface area contributed by atoms with Crippen LogP contribution in [-0.2, 0) is 10.2 Å². The molecule has 2 aliphatic rings. The van der Waals surface area contributed by atoms with Gasteiger partial charge in [-0.05, 0) is 35.3 Å². The third-order valence-corrected chi connectivity index (χ3v) is 4.97. The van der Waals surface area contributed by atoms with E-state index in [1.54, 1.807) is 24.3 Å². The van der Waals surface area contributed by atoms with Gasteiger partial charge in [0.15, 0.2) is 5.43 Å². The first kappa shape index (κ1) is 16.5. The number of carbonyl (C=O) groups excluding carboxylic acids is 2. The van der Waals surface area contributed by atoms with Crippen molar-refractivity contribution in [2.75, 3.05) is 0 Å². The number of Topliss-reactive ketones (excluding diaryl/α,β-unsaturated/α-hetero) is 2. The average molecular weight is 324 g/mol. The van der Waals surface area contributed by atoms with E-state index in [2.05, 4.69) is 0 Å². The van der Waals surface area contributed by atoms with E-state index in [0.717, 1.165) is 0 Å². The van der Waals surface area contributed by atoms with Crippen LogP contribution >= 0.6 is 0 Å². The second-order valence-corrected chi connectivity index (χ2v) is 7.29. The third kappa shape index (κ3) is 2.29. The minimum atomic E-state index is -0.720. The topological polar surface area (TPSA) is 71.4 Å². The Morgan fingerprint density at radius 1 is 1.08 bits per heavy atom. The molecule has 0 aliphatic heterocycles. The summed E-state index contributed by atoms with van der Waals surface area (Å²) in [6, 6.07) is 3.09. The molecule has 124 valence electrons. The summed E-state index contributed by atoms with van der Waals surface area (Å²) in [4.78, 5) is 37.6. The van der Waals surface area contributed by atoms with E-state index < -0.39 is 23.1 Å². The van der Waals surface area contributed by atoms with Gasteiger partial charge in [0.05, 0.1) is 6.10 Å². The third-order valence-electron chi connectivity index (χ3n) is 4.97. The number of ketones is 2. The zero-order chi connectivity index (χ0) is 17.8. The molecule has 0 amide bonds. The highest BCUT2D eigenvalue weighted by Gasteiger charge is 2.35. The van der Waals surface area contributed by atoms with E-state index >= 15 is 0 Å². The van der Waals surface area contributed by atoms with Crippen molar-refractivity contribution < 1.29 is 14.7 Å². The highest BCUT2D eigenvalue weighted by atomic mass is 16.3. The van der Waals surface area contributed by atoms with E-state index in [1.165, 1.54) is 6.07 Å². The number of hydrogen-bond acceptors (Lipinski definition) is 4. The van der Waals surface area contributed by atoms with Crippen LogP contribution in [0.3, 0.4) is 0 Å². The van der Waals surface area contributed by atoms with Crippen molar-refractivity contribution in [1.29, 1.82) is 0 Å². The molecule has 3 rings (SSSR count). The number of allylic oxidation sites excluding steroid dienone is 1. The van der Waals surface area contributed by atoms with Crippen molar-refractivity contribution in [3.8, 4) is 0 Å². The van der Waals surface area contributed by atoms with Crippen LogP contribution in [0.15, 0.2) is 28.6 Å². The molecule has 0 radical (unpaired) electrons. The summed E-state index contributed by atoms with van der Waals surface area (Å²) in [6.07, 6.45) is 4.17. The fourth-order valence-corrected chi connectivity index (χ4v) is 3.27. The smallest absolute Gasteiger partial charge is 0.233 e. The Morgan fingerprint density at radius 2 is 1.75 bits per heavy atom. The van der Waals surface area contributed by atoms with Crippen LogP contribution in [0.5, 0.6) is 0 Å². The molecule has 0 spiro atoms. The lowest BCUT2D eigenvalue weighted by Crippen LogP contribution is -2.35. The van der Waals surface area contributed by atoms with Gasteiger partial charge in [-0.15, -0.1) is 0 Å². The van der Waals surface area contributed by atoms with Crippen LogP contribution in [0.4, 0.5) is 0 Å². The highest BCUT2D eigenvalue weighted by molar-refractivity contribution is 6.51. The quantitative estimate of drug-likeness (QED) is 0.806. The first-order chi connectivity index (χ1) is 11.1. The van der Waals surface area contributed by atoms with E-state index in [-0.39, 0.29) is 22.5 Å². The minimum Gasteiger partial charge on any atom is -0.388 e. The average Bonchev–Trinajstić information content (AvgIpc) is 2.64. The Hall–Kier alpha value is -2.33. The summed E-state index contributed by atoms with van der Waals surface area (Å²) in [5.74, 6) is -1.31. The highest BCUT2D eigenvalue weighted by Crippen LogP contribution is 2.35. The molecule has 1 atom stereocenters. The Balaban J connectivity index is 2.39. The minimum absolute atomic E-state index is 0.132. The van der Waals surface area contributed by atoms with Crippen LogP contribution in [0.25, 0.3) is 12.2 Å². The summed E-state index contributed by atoms with van der Waals surface area (Å²) in [5.41, 5.74) is 1.18. The zero-order valence-corrected chi connectivity index (χ0v) is 14.2. The summed E-state index contributed by atoms with van der Waals surface area (Å²) >= 11 is 0. The predicted octanol–water partition coefficient (Wildman–Crippen LogP) is 2.52. The second kappa shape index (κ2) is 5.35. The number of aliphatic hydroxyl groups is 1. The summed E-state index contributed by atoms with van der Waals surface area (Å²) in [6.45, 7) is 7.34. The van der Waals surface area contributed by atoms with Crippen molar-refractivity contribution in [2.24, 2.45) is 5.92 Å². The van der Waals surface area contributed by atoms with E-state index in [0.29, 0.717) is 16.7 Å². The molecule has 0 heterocycles. The molecule has 4 heteroatoms. The first-order valence-corrected chi connectivity index (χ1v) is 8.04. The first-order valence-electron chi connectivity index (χ1n) is 8.04. The van der Waals surface area contributed by atoms with Crippen molar-refractivity contribution in [1.82, 2.24) is 0 Å². The Kier molecular flexibility index (Phi) is 3.68. The lowest BCUT2D eigenvalue weighted by molar-refractivity contribution is -0.112. The summed E-state index contributed by atoms with van der Waals surface area (Å²) < 4.78 is 0. The molecule has 0 bridgehead atoms. The summed E-state index contributed by atoms with van der Waals surface area (Å²) in [5, 5.41) is 10.2. The van der Waals surface area contributed by atoms with E-state index in [9.17, 15) is 19.5 Å². The molecule has 4 nitrogen and oxygen atoms in total. The fourth-order valence-electron chi connectivity index (χ4n) is 3.27. The fraction of sp³-hybridized carbons (Fsp3) is 0.350. The molecular weight excluding hydrogens is 304 g/mol. The normalized spacial score (nSPS) is 21.4. The predicted molar refractivity (Wildman–Crippen MR) is 92.9 cm³/mol. The van der Waals surface area contributed by atoms with Gasteiger partial charge < -0.3 is 5.11 Å². The van der Waals surface area contributed by atoms with Gasteiger partial charge in [-0.1, -0.05) is 39.8 Å². The molecular formula is C20H20O4. The molecule has 0 aromatic heterocycles. The maximum atomic E-state index is 12.7. The Morgan fingerprint density at radius 3 is 2.38 bits per heavy atom. The van der Waals surface area contributed by atoms with Gasteiger partial charge in [0.1, 0.15) is 0 Å². The van der Waals surface area contributed by atoms with E-state index in [1.807, 2.05) is 27.7 Å². The van der Waals surface area contributed by atoms with Gasteiger partial charge in [0.2, 0.25) is 11.6 Å². The lowest BCUT2D eigenvalue weighted by Gasteiger charge is -2.32. The van der Waals surface area contributed by atoms with Gasteiger partial charge in [-0.2, -0.15) is 0 Å². The van der Waals surface area contributed by atoms with Gasteiger partial charge >= 0.3 is 0 Å². The number of aliphatic hydroxyl groups excluding tert-OH is 1. The van der Waals surface area contributed by atoms with Crippen LogP contribution in [0.2, 0.25) is 0 Å².